The van der Waals surface area contributed by atoms with Gasteiger partial charge < -0.3 is 10.2 Å². The monoisotopic (exact) mass is 264 g/mol. The molecule has 1 heterocycles. The zero-order chi connectivity index (χ0) is 14.1. The van der Waals surface area contributed by atoms with Crippen molar-refractivity contribution in [1.29, 1.82) is 0 Å². The predicted molar refractivity (Wildman–Crippen MR) is 81.0 cm³/mol. The van der Waals surface area contributed by atoms with Crippen LogP contribution in [0, 0.1) is 11.8 Å². The third-order valence-corrected chi connectivity index (χ3v) is 3.86. The molecule has 0 bridgehead atoms. The van der Waals surface area contributed by atoms with Gasteiger partial charge in [-0.15, -0.1) is 13.2 Å². The van der Waals surface area contributed by atoms with E-state index < -0.39 is 0 Å². The van der Waals surface area contributed by atoms with E-state index in [4.69, 9.17) is 0 Å². The summed E-state index contributed by atoms with van der Waals surface area (Å²) in [5.41, 5.74) is 0. The molecule has 1 aliphatic rings. The minimum atomic E-state index is 0.0420. The smallest absolute Gasteiger partial charge is 0.226 e. The maximum absolute atomic E-state index is 12.4. The second-order valence-corrected chi connectivity index (χ2v) is 5.32. The third-order valence-electron chi connectivity index (χ3n) is 3.86. The van der Waals surface area contributed by atoms with Gasteiger partial charge in [-0.05, 0) is 44.7 Å². The molecule has 1 amide bonds. The molecule has 0 aromatic heterocycles. The summed E-state index contributed by atoms with van der Waals surface area (Å²) in [5, 5.41) is 3.40. The fraction of sp³-hybridized carbons (Fsp3) is 0.688. The van der Waals surface area contributed by atoms with Crippen molar-refractivity contribution in [3.63, 3.8) is 0 Å². The first-order chi connectivity index (χ1) is 9.22. The SMILES string of the molecule is C=CCC(CC=C)C(=O)N1CCC(CNCC)CC1. The number of piperidine rings is 1. The van der Waals surface area contributed by atoms with Crippen LogP contribution in [-0.2, 0) is 4.79 Å². The number of hydrogen-bond acceptors (Lipinski definition) is 2. The summed E-state index contributed by atoms with van der Waals surface area (Å²) in [7, 11) is 0. The summed E-state index contributed by atoms with van der Waals surface area (Å²) >= 11 is 0. The van der Waals surface area contributed by atoms with Crippen molar-refractivity contribution < 1.29 is 4.79 Å². The molecule has 0 saturated carbocycles. The Bertz CT molecular complexity index is 283. The van der Waals surface area contributed by atoms with Gasteiger partial charge in [0, 0.05) is 19.0 Å². The Morgan fingerprint density at radius 3 is 2.37 bits per heavy atom. The number of rotatable bonds is 8. The first-order valence-electron chi connectivity index (χ1n) is 7.44. The fourth-order valence-electron chi connectivity index (χ4n) is 2.66. The largest absolute Gasteiger partial charge is 0.342 e. The molecule has 1 aliphatic heterocycles. The Hall–Kier alpha value is -1.09. The molecule has 0 radical (unpaired) electrons. The van der Waals surface area contributed by atoms with Gasteiger partial charge in [-0.25, -0.2) is 0 Å². The molecule has 0 aromatic rings. The van der Waals surface area contributed by atoms with Gasteiger partial charge in [-0.1, -0.05) is 19.1 Å². The van der Waals surface area contributed by atoms with Crippen LogP contribution in [0.4, 0.5) is 0 Å². The Morgan fingerprint density at radius 1 is 1.32 bits per heavy atom. The number of amides is 1. The highest BCUT2D eigenvalue weighted by molar-refractivity contribution is 5.79. The van der Waals surface area contributed by atoms with E-state index in [0.29, 0.717) is 0 Å². The molecule has 1 N–H and O–H groups in total. The lowest BCUT2D eigenvalue weighted by molar-refractivity contribution is -0.136. The molecule has 0 spiro atoms. The first-order valence-corrected chi connectivity index (χ1v) is 7.44. The Balaban J connectivity index is 2.42. The molecule has 0 aromatic carbocycles. The maximum Gasteiger partial charge on any atom is 0.226 e. The van der Waals surface area contributed by atoms with Crippen LogP contribution < -0.4 is 5.32 Å². The Labute approximate surface area is 117 Å². The number of likely N-dealkylation sites (tertiary alicyclic amines) is 1. The molecular weight excluding hydrogens is 236 g/mol. The Kier molecular flexibility index (Phi) is 7.49. The van der Waals surface area contributed by atoms with Crippen LogP contribution in [0.15, 0.2) is 25.3 Å². The van der Waals surface area contributed by atoms with Crippen molar-refractivity contribution in [1.82, 2.24) is 10.2 Å². The van der Waals surface area contributed by atoms with Crippen LogP contribution in [-0.4, -0.2) is 37.0 Å². The van der Waals surface area contributed by atoms with Crippen molar-refractivity contribution in [2.75, 3.05) is 26.2 Å². The van der Waals surface area contributed by atoms with Crippen molar-refractivity contribution in [3.05, 3.63) is 25.3 Å². The summed E-state index contributed by atoms with van der Waals surface area (Å²) in [4.78, 5) is 14.4. The van der Waals surface area contributed by atoms with Crippen LogP contribution in [0.3, 0.4) is 0 Å². The summed E-state index contributed by atoms with van der Waals surface area (Å²) < 4.78 is 0. The van der Waals surface area contributed by atoms with Gasteiger partial charge in [-0.2, -0.15) is 0 Å². The molecule has 0 aliphatic carbocycles. The van der Waals surface area contributed by atoms with Gasteiger partial charge in [0.1, 0.15) is 0 Å². The van der Waals surface area contributed by atoms with Crippen LogP contribution in [0.5, 0.6) is 0 Å². The van der Waals surface area contributed by atoms with E-state index >= 15 is 0 Å². The number of carbonyl (C=O) groups is 1. The fourth-order valence-corrected chi connectivity index (χ4v) is 2.66. The molecule has 19 heavy (non-hydrogen) atoms. The zero-order valence-corrected chi connectivity index (χ0v) is 12.2. The third kappa shape index (κ3) is 5.19. The van der Waals surface area contributed by atoms with E-state index in [1.165, 1.54) is 0 Å². The van der Waals surface area contributed by atoms with Crippen molar-refractivity contribution in [2.24, 2.45) is 11.8 Å². The van der Waals surface area contributed by atoms with E-state index in [1.807, 2.05) is 17.1 Å². The van der Waals surface area contributed by atoms with Crippen LogP contribution in [0.2, 0.25) is 0 Å². The van der Waals surface area contributed by atoms with Crippen molar-refractivity contribution >= 4 is 5.91 Å². The summed E-state index contributed by atoms with van der Waals surface area (Å²) in [5.74, 6) is 1.04. The number of nitrogens with one attached hydrogen (secondary N) is 1. The lowest BCUT2D eigenvalue weighted by atomic mass is 9.94. The number of allylic oxidation sites excluding steroid dienone is 2. The van der Waals surface area contributed by atoms with Crippen LogP contribution >= 0.6 is 0 Å². The molecule has 1 saturated heterocycles. The van der Waals surface area contributed by atoms with E-state index in [-0.39, 0.29) is 11.8 Å². The van der Waals surface area contributed by atoms with E-state index in [2.05, 4.69) is 25.4 Å². The highest BCUT2D eigenvalue weighted by Crippen LogP contribution is 2.21. The molecule has 1 rings (SSSR count). The molecular formula is C16H28N2O. The number of carbonyl (C=O) groups excluding carboxylic acids is 1. The second kappa shape index (κ2) is 8.92. The second-order valence-electron chi connectivity index (χ2n) is 5.32. The topological polar surface area (TPSA) is 32.3 Å². The van der Waals surface area contributed by atoms with Gasteiger partial charge in [0.2, 0.25) is 5.91 Å². The number of hydrogen-bond donors (Lipinski definition) is 1. The molecule has 0 atom stereocenters. The van der Waals surface area contributed by atoms with Gasteiger partial charge in [0.05, 0.1) is 0 Å². The standard InChI is InChI=1S/C16H28N2O/c1-4-7-15(8-5-2)16(19)18-11-9-14(10-12-18)13-17-6-3/h4-5,14-15,17H,1-2,6-13H2,3H3. The quantitative estimate of drug-likeness (QED) is 0.683. The minimum absolute atomic E-state index is 0.0420. The molecule has 1 fully saturated rings. The lowest BCUT2D eigenvalue weighted by Crippen LogP contribution is -2.43. The van der Waals surface area contributed by atoms with E-state index in [0.717, 1.165) is 57.8 Å². The van der Waals surface area contributed by atoms with Gasteiger partial charge in [0.25, 0.3) is 0 Å². The first kappa shape index (κ1) is 16.0. The maximum atomic E-state index is 12.4. The Morgan fingerprint density at radius 2 is 1.89 bits per heavy atom. The highest BCUT2D eigenvalue weighted by atomic mass is 16.2. The van der Waals surface area contributed by atoms with Gasteiger partial charge in [-0.3, -0.25) is 4.79 Å². The van der Waals surface area contributed by atoms with Crippen molar-refractivity contribution in [3.8, 4) is 0 Å². The zero-order valence-electron chi connectivity index (χ0n) is 12.2. The van der Waals surface area contributed by atoms with Crippen LogP contribution in [0.25, 0.3) is 0 Å². The molecule has 3 nitrogen and oxygen atoms in total. The van der Waals surface area contributed by atoms with Crippen LogP contribution in [0.1, 0.15) is 32.6 Å². The lowest BCUT2D eigenvalue weighted by Gasteiger charge is -2.34. The summed E-state index contributed by atoms with van der Waals surface area (Å²) in [6.07, 6.45) is 7.42. The van der Waals surface area contributed by atoms with Crippen molar-refractivity contribution in [2.45, 2.75) is 32.6 Å². The summed E-state index contributed by atoms with van der Waals surface area (Å²) in [6.45, 7) is 13.5. The van der Waals surface area contributed by atoms with Gasteiger partial charge in [0.15, 0.2) is 0 Å². The number of nitrogens with zero attached hydrogens (tertiary/aromatic N) is 1. The predicted octanol–water partition coefficient (Wildman–Crippen LogP) is 2.60. The van der Waals surface area contributed by atoms with E-state index in [9.17, 15) is 4.79 Å². The average Bonchev–Trinajstić information content (AvgIpc) is 2.44. The van der Waals surface area contributed by atoms with Gasteiger partial charge >= 0.3 is 0 Å². The highest BCUT2D eigenvalue weighted by Gasteiger charge is 2.26. The van der Waals surface area contributed by atoms with E-state index in [1.54, 1.807) is 0 Å². The molecule has 3 heteroatoms. The normalized spacial score (nSPS) is 16.6. The summed E-state index contributed by atoms with van der Waals surface area (Å²) in [6, 6.07) is 0. The average molecular weight is 264 g/mol. The molecule has 0 unspecified atom stereocenters. The minimum Gasteiger partial charge on any atom is -0.342 e. The molecule has 108 valence electrons.